The fourth-order valence-corrected chi connectivity index (χ4v) is 3.26. The normalized spacial score (nSPS) is 31.7. The molecule has 2 fully saturated rings. The molecular formula is C16H32N2O. The highest BCUT2D eigenvalue weighted by molar-refractivity contribution is 4.92. The molecule has 2 rings (SSSR count). The van der Waals surface area contributed by atoms with Crippen molar-refractivity contribution in [2.45, 2.75) is 71.1 Å². The molecule has 112 valence electrons. The Morgan fingerprint density at radius 1 is 1.21 bits per heavy atom. The van der Waals surface area contributed by atoms with Gasteiger partial charge in [-0.3, -0.25) is 4.90 Å². The topological polar surface area (TPSA) is 24.5 Å². The van der Waals surface area contributed by atoms with Gasteiger partial charge in [-0.1, -0.05) is 6.92 Å². The van der Waals surface area contributed by atoms with E-state index < -0.39 is 0 Å². The van der Waals surface area contributed by atoms with Crippen LogP contribution in [0.1, 0.15) is 53.4 Å². The summed E-state index contributed by atoms with van der Waals surface area (Å²) in [6.45, 7) is 13.5. The third kappa shape index (κ3) is 4.44. The average Bonchev–Trinajstić information content (AvgIpc) is 2.77. The molecule has 0 bridgehead atoms. The van der Waals surface area contributed by atoms with E-state index in [4.69, 9.17) is 4.74 Å². The van der Waals surface area contributed by atoms with Crippen molar-refractivity contribution in [3.8, 4) is 0 Å². The second-order valence-electron chi connectivity index (χ2n) is 7.26. The van der Waals surface area contributed by atoms with Gasteiger partial charge in [0.1, 0.15) is 0 Å². The molecule has 3 nitrogen and oxygen atoms in total. The van der Waals surface area contributed by atoms with Gasteiger partial charge in [-0.05, 0) is 65.5 Å². The summed E-state index contributed by atoms with van der Waals surface area (Å²) in [5.74, 6) is 0.834. The van der Waals surface area contributed by atoms with Crippen molar-refractivity contribution in [2.24, 2.45) is 5.92 Å². The summed E-state index contributed by atoms with van der Waals surface area (Å²) >= 11 is 0. The monoisotopic (exact) mass is 268 g/mol. The highest BCUT2D eigenvalue weighted by Crippen LogP contribution is 2.32. The molecule has 3 atom stereocenters. The van der Waals surface area contributed by atoms with Crippen LogP contribution in [0.25, 0.3) is 0 Å². The van der Waals surface area contributed by atoms with Crippen molar-refractivity contribution in [1.29, 1.82) is 0 Å². The Morgan fingerprint density at radius 3 is 2.47 bits per heavy atom. The number of rotatable bonds is 6. The molecule has 1 heterocycles. The second-order valence-corrected chi connectivity index (χ2v) is 7.26. The summed E-state index contributed by atoms with van der Waals surface area (Å²) in [6.07, 6.45) is 5.76. The minimum atomic E-state index is 0.242. The van der Waals surface area contributed by atoms with Crippen LogP contribution in [0.4, 0.5) is 0 Å². The lowest BCUT2D eigenvalue weighted by atomic mass is 9.78. The zero-order valence-corrected chi connectivity index (χ0v) is 13.2. The van der Waals surface area contributed by atoms with E-state index in [1.54, 1.807) is 0 Å². The molecule has 0 aromatic rings. The summed E-state index contributed by atoms with van der Waals surface area (Å²) < 4.78 is 5.80. The van der Waals surface area contributed by atoms with Gasteiger partial charge in [0, 0.05) is 24.7 Å². The molecule has 1 N–H and O–H groups in total. The summed E-state index contributed by atoms with van der Waals surface area (Å²) in [5, 5.41) is 3.67. The summed E-state index contributed by atoms with van der Waals surface area (Å²) in [7, 11) is 0. The average molecular weight is 268 g/mol. The van der Waals surface area contributed by atoms with Crippen molar-refractivity contribution in [2.75, 3.05) is 26.2 Å². The number of hydrogen-bond acceptors (Lipinski definition) is 3. The van der Waals surface area contributed by atoms with Gasteiger partial charge < -0.3 is 10.1 Å². The zero-order valence-electron chi connectivity index (χ0n) is 13.2. The maximum Gasteiger partial charge on any atom is 0.0702 e. The van der Waals surface area contributed by atoms with Crippen LogP contribution in [-0.2, 0) is 4.74 Å². The van der Waals surface area contributed by atoms with E-state index >= 15 is 0 Å². The number of nitrogens with zero attached hydrogens (tertiary/aromatic N) is 1. The van der Waals surface area contributed by atoms with Crippen LogP contribution in [0.15, 0.2) is 0 Å². The fraction of sp³-hybridized carbons (Fsp3) is 1.00. The van der Waals surface area contributed by atoms with Crippen molar-refractivity contribution < 1.29 is 4.74 Å². The van der Waals surface area contributed by atoms with Crippen molar-refractivity contribution in [3.63, 3.8) is 0 Å². The van der Waals surface area contributed by atoms with E-state index in [0.717, 1.165) is 38.2 Å². The van der Waals surface area contributed by atoms with Gasteiger partial charge in [0.15, 0.2) is 0 Å². The standard InChI is InChI=1S/C16H32N2O/c1-5-18(12-14-7-6-10-19-14)15-9-8-13(15)11-17-16(2,3)4/h13-15,17H,5-12H2,1-4H3. The summed E-state index contributed by atoms with van der Waals surface area (Å²) in [4.78, 5) is 2.66. The third-order valence-corrected chi connectivity index (χ3v) is 4.61. The number of nitrogens with one attached hydrogen (secondary N) is 1. The molecule has 19 heavy (non-hydrogen) atoms. The van der Waals surface area contributed by atoms with E-state index in [-0.39, 0.29) is 5.54 Å². The minimum absolute atomic E-state index is 0.242. The first-order valence-corrected chi connectivity index (χ1v) is 8.10. The summed E-state index contributed by atoms with van der Waals surface area (Å²) in [6, 6.07) is 0.782. The molecule has 3 heteroatoms. The number of hydrogen-bond donors (Lipinski definition) is 1. The molecular weight excluding hydrogens is 236 g/mol. The predicted molar refractivity (Wildman–Crippen MR) is 80.5 cm³/mol. The summed E-state index contributed by atoms with van der Waals surface area (Å²) in [5.41, 5.74) is 0.242. The molecule has 0 aromatic carbocycles. The molecule has 0 radical (unpaired) electrons. The van der Waals surface area contributed by atoms with Gasteiger partial charge in [-0.15, -0.1) is 0 Å². The largest absolute Gasteiger partial charge is 0.377 e. The van der Waals surface area contributed by atoms with Crippen LogP contribution in [0.2, 0.25) is 0 Å². The highest BCUT2D eigenvalue weighted by Gasteiger charge is 2.36. The molecule has 1 aliphatic heterocycles. The Morgan fingerprint density at radius 2 is 2.00 bits per heavy atom. The lowest BCUT2D eigenvalue weighted by Gasteiger charge is -2.45. The molecule has 1 aliphatic carbocycles. The van der Waals surface area contributed by atoms with Gasteiger partial charge in [0.05, 0.1) is 6.10 Å². The fourth-order valence-electron chi connectivity index (χ4n) is 3.26. The van der Waals surface area contributed by atoms with Crippen LogP contribution < -0.4 is 5.32 Å². The van der Waals surface area contributed by atoms with Crippen molar-refractivity contribution in [3.05, 3.63) is 0 Å². The van der Waals surface area contributed by atoms with Gasteiger partial charge in [0.2, 0.25) is 0 Å². The van der Waals surface area contributed by atoms with Gasteiger partial charge >= 0.3 is 0 Å². The van der Waals surface area contributed by atoms with Gasteiger partial charge in [-0.2, -0.15) is 0 Å². The Balaban J connectivity index is 1.78. The van der Waals surface area contributed by atoms with Gasteiger partial charge in [0.25, 0.3) is 0 Å². The molecule has 3 unspecified atom stereocenters. The first-order chi connectivity index (χ1) is 8.99. The van der Waals surface area contributed by atoms with Crippen LogP contribution in [0.5, 0.6) is 0 Å². The van der Waals surface area contributed by atoms with E-state index in [1.807, 2.05) is 0 Å². The van der Waals surface area contributed by atoms with E-state index in [0.29, 0.717) is 6.10 Å². The Hall–Kier alpha value is -0.120. The Labute approximate surface area is 119 Å². The number of ether oxygens (including phenoxy) is 1. The molecule has 2 aliphatic rings. The number of likely N-dealkylation sites (N-methyl/N-ethyl adjacent to an activating group) is 1. The first kappa shape index (κ1) is 15.3. The lowest BCUT2D eigenvalue weighted by Crippen LogP contribution is -2.54. The van der Waals surface area contributed by atoms with Crippen LogP contribution in [-0.4, -0.2) is 48.8 Å². The Bertz CT molecular complexity index is 268. The maximum absolute atomic E-state index is 5.80. The molecule has 1 saturated carbocycles. The molecule has 1 saturated heterocycles. The quantitative estimate of drug-likeness (QED) is 0.801. The highest BCUT2D eigenvalue weighted by atomic mass is 16.5. The second kappa shape index (κ2) is 6.55. The van der Waals surface area contributed by atoms with E-state index in [9.17, 15) is 0 Å². The predicted octanol–water partition coefficient (Wildman–Crippen LogP) is 2.65. The smallest absolute Gasteiger partial charge is 0.0702 e. The van der Waals surface area contributed by atoms with Crippen molar-refractivity contribution in [1.82, 2.24) is 10.2 Å². The zero-order chi connectivity index (χ0) is 13.9. The minimum Gasteiger partial charge on any atom is -0.377 e. The third-order valence-electron chi connectivity index (χ3n) is 4.61. The van der Waals surface area contributed by atoms with Crippen LogP contribution in [0, 0.1) is 5.92 Å². The van der Waals surface area contributed by atoms with Crippen molar-refractivity contribution >= 4 is 0 Å². The first-order valence-electron chi connectivity index (χ1n) is 8.10. The van der Waals surface area contributed by atoms with Crippen LogP contribution >= 0.6 is 0 Å². The van der Waals surface area contributed by atoms with E-state index in [1.165, 1.54) is 25.7 Å². The molecule has 0 aromatic heterocycles. The Kier molecular flexibility index (Phi) is 5.27. The van der Waals surface area contributed by atoms with E-state index in [2.05, 4.69) is 37.9 Å². The SMILES string of the molecule is CCN(CC1CCCO1)C1CCC1CNC(C)(C)C. The maximum atomic E-state index is 5.80. The molecule has 0 spiro atoms. The lowest BCUT2D eigenvalue weighted by molar-refractivity contribution is 0.0123. The van der Waals surface area contributed by atoms with Gasteiger partial charge in [-0.25, -0.2) is 0 Å². The molecule has 0 amide bonds. The van der Waals surface area contributed by atoms with Crippen LogP contribution in [0.3, 0.4) is 0 Å².